The van der Waals surface area contributed by atoms with Crippen molar-refractivity contribution in [3.8, 4) is 11.5 Å². The van der Waals surface area contributed by atoms with Gasteiger partial charge in [0.2, 0.25) is 5.91 Å². The molecule has 1 heterocycles. The fourth-order valence-corrected chi connectivity index (χ4v) is 4.47. The predicted molar refractivity (Wildman–Crippen MR) is 99.8 cm³/mol. The Morgan fingerprint density at radius 1 is 1.21 bits per heavy atom. The van der Waals surface area contributed by atoms with Gasteiger partial charge in [-0.15, -0.1) is 10.2 Å². The highest BCUT2D eigenvalue weighted by atomic mass is 32.2. The van der Waals surface area contributed by atoms with Gasteiger partial charge in [0.15, 0.2) is 8.68 Å². The first-order valence-corrected chi connectivity index (χ1v) is 10.1. The highest BCUT2D eigenvalue weighted by Crippen LogP contribution is 2.31. The standard InChI is InChI=1S/C15H19N3O3S3/c1-4-7-22-14-17-18-15(24-14)23-9-13(19)16-11-8-10(20-2)5-6-12(11)21-3/h5-6,8H,4,7,9H2,1-3H3,(H,16,19). The minimum Gasteiger partial charge on any atom is -0.497 e. The number of methoxy groups -OCH3 is 2. The van der Waals surface area contributed by atoms with Crippen molar-refractivity contribution < 1.29 is 14.3 Å². The maximum atomic E-state index is 12.2. The average Bonchev–Trinajstić information content (AvgIpc) is 3.06. The lowest BCUT2D eigenvalue weighted by molar-refractivity contribution is -0.113. The lowest BCUT2D eigenvalue weighted by Crippen LogP contribution is -2.14. The van der Waals surface area contributed by atoms with Crippen molar-refractivity contribution in [2.24, 2.45) is 0 Å². The van der Waals surface area contributed by atoms with Crippen LogP contribution in [0, 0.1) is 0 Å². The minimum absolute atomic E-state index is 0.135. The molecule has 0 aliphatic carbocycles. The van der Waals surface area contributed by atoms with E-state index < -0.39 is 0 Å². The molecule has 0 radical (unpaired) electrons. The van der Waals surface area contributed by atoms with Crippen molar-refractivity contribution in [2.75, 3.05) is 31.0 Å². The third kappa shape index (κ3) is 5.57. The number of carbonyl (C=O) groups excluding carboxylic acids is 1. The number of anilines is 1. The molecule has 6 nitrogen and oxygen atoms in total. The molecule has 0 aliphatic heterocycles. The molecule has 2 aromatic rings. The summed E-state index contributed by atoms with van der Waals surface area (Å²) in [5.74, 6) is 2.39. The minimum atomic E-state index is -0.135. The zero-order valence-electron chi connectivity index (χ0n) is 13.7. The molecule has 0 aliphatic rings. The fourth-order valence-electron chi connectivity index (χ4n) is 1.73. The first-order chi connectivity index (χ1) is 11.7. The number of aromatic nitrogens is 2. The monoisotopic (exact) mass is 385 g/mol. The van der Waals surface area contributed by atoms with Crippen LogP contribution in [0.4, 0.5) is 5.69 Å². The van der Waals surface area contributed by atoms with Gasteiger partial charge in [-0.05, 0) is 18.6 Å². The number of thioether (sulfide) groups is 2. The smallest absolute Gasteiger partial charge is 0.234 e. The predicted octanol–water partition coefficient (Wildman–Crippen LogP) is 3.79. The number of benzene rings is 1. The molecule has 24 heavy (non-hydrogen) atoms. The number of carbonyl (C=O) groups is 1. The molecular weight excluding hydrogens is 366 g/mol. The molecule has 1 aromatic heterocycles. The lowest BCUT2D eigenvalue weighted by atomic mass is 10.2. The van der Waals surface area contributed by atoms with Crippen LogP contribution in [0.2, 0.25) is 0 Å². The largest absolute Gasteiger partial charge is 0.497 e. The van der Waals surface area contributed by atoms with Gasteiger partial charge in [0.25, 0.3) is 0 Å². The average molecular weight is 386 g/mol. The topological polar surface area (TPSA) is 73.3 Å². The SMILES string of the molecule is CCCSc1nnc(SCC(=O)Nc2cc(OC)ccc2OC)s1. The summed E-state index contributed by atoms with van der Waals surface area (Å²) in [6, 6.07) is 5.26. The summed E-state index contributed by atoms with van der Waals surface area (Å²) in [7, 11) is 3.13. The van der Waals surface area contributed by atoms with Crippen LogP contribution in [0.5, 0.6) is 11.5 Å². The van der Waals surface area contributed by atoms with E-state index in [1.54, 1.807) is 44.2 Å². The molecule has 0 saturated carbocycles. The molecule has 1 N–H and O–H groups in total. The molecule has 0 bridgehead atoms. The first-order valence-electron chi connectivity index (χ1n) is 7.27. The zero-order valence-corrected chi connectivity index (χ0v) is 16.1. The molecule has 2 rings (SSSR count). The van der Waals surface area contributed by atoms with Crippen LogP contribution in [0.1, 0.15) is 13.3 Å². The van der Waals surface area contributed by atoms with E-state index in [2.05, 4.69) is 22.4 Å². The van der Waals surface area contributed by atoms with Crippen LogP contribution < -0.4 is 14.8 Å². The van der Waals surface area contributed by atoms with Gasteiger partial charge in [0, 0.05) is 11.8 Å². The third-order valence-electron chi connectivity index (χ3n) is 2.83. The van der Waals surface area contributed by atoms with E-state index in [1.165, 1.54) is 23.1 Å². The van der Waals surface area contributed by atoms with Crippen molar-refractivity contribution in [1.82, 2.24) is 10.2 Å². The number of hydrogen-bond acceptors (Lipinski definition) is 8. The van der Waals surface area contributed by atoms with Gasteiger partial charge in [-0.25, -0.2) is 0 Å². The van der Waals surface area contributed by atoms with Crippen LogP contribution in [0.15, 0.2) is 26.9 Å². The van der Waals surface area contributed by atoms with Crippen LogP contribution in [0.25, 0.3) is 0 Å². The van der Waals surface area contributed by atoms with Crippen LogP contribution >= 0.6 is 34.9 Å². The highest BCUT2D eigenvalue weighted by molar-refractivity contribution is 8.03. The second-order valence-corrected chi connectivity index (χ2v) is 8.13. The number of amides is 1. The number of nitrogens with zero attached hydrogens (tertiary/aromatic N) is 2. The van der Waals surface area contributed by atoms with E-state index in [-0.39, 0.29) is 11.7 Å². The number of rotatable bonds is 9. The second kappa shape index (κ2) is 9.75. The van der Waals surface area contributed by atoms with E-state index in [0.29, 0.717) is 17.2 Å². The Bertz CT molecular complexity index is 679. The first kappa shape index (κ1) is 18.9. The highest BCUT2D eigenvalue weighted by Gasteiger charge is 2.11. The number of hydrogen-bond donors (Lipinski definition) is 1. The van der Waals surface area contributed by atoms with Gasteiger partial charge in [-0.3, -0.25) is 4.79 Å². The fraction of sp³-hybridized carbons (Fsp3) is 0.400. The molecule has 9 heteroatoms. The van der Waals surface area contributed by atoms with Crippen molar-refractivity contribution in [2.45, 2.75) is 22.0 Å². The molecule has 0 saturated heterocycles. The summed E-state index contributed by atoms with van der Waals surface area (Å²) in [5, 5.41) is 11.0. The molecule has 0 atom stereocenters. The van der Waals surface area contributed by atoms with Gasteiger partial charge < -0.3 is 14.8 Å². The number of nitrogens with one attached hydrogen (secondary N) is 1. The quantitative estimate of drug-likeness (QED) is 0.658. The van der Waals surface area contributed by atoms with Gasteiger partial charge in [-0.1, -0.05) is 41.8 Å². The third-order valence-corrected chi connectivity index (χ3v) is 6.22. The normalized spacial score (nSPS) is 10.5. The van der Waals surface area contributed by atoms with Crippen LogP contribution in [0.3, 0.4) is 0 Å². The van der Waals surface area contributed by atoms with Crippen molar-refractivity contribution in [3.05, 3.63) is 18.2 Å². The van der Waals surface area contributed by atoms with E-state index in [9.17, 15) is 4.79 Å². The molecule has 1 amide bonds. The molecule has 130 valence electrons. The van der Waals surface area contributed by atoms with Gasteiger partial charge in [-0.2, -0.15) is 0 Å². The molecule has 0 fully saturated rings. The van der Waals surface area contributed by atoms with E-state index in [4.69, 9.17) is 9.47 Å². The maximum Gasteiger partial charge on any atom is 0.234 e. The van der Waals surface area contributed by atoms with Gasteiger partial charge in [0.05, 0.1) is 25.7 Å². The van der Waals surface area contributed by atoms with Gasteiger partial charge >= 0.3 is 0 Å². The summed E-state index contributed by atoms with van der Waals surface area (Å²) < 4.78 is 12.2. The van der Waals surface area contributed by atoms with Crippen LogP contribution in [-0.4, -0.2) is 41.8 Å². The molecule has 0 spiro atoms. The Labute approximate surface area is 153 Å². The van der Waals surface area contributed by atoms with Crippen molar-refractivity contribution in [3.63, 3.8) is 0 Å². The lowest BCUT2D eigenvalue weighted by Gasteiger charge is -2.11. The Morgan fingerprint density at radius 2 is 1.96 bits per heavy atom. The second-order valence-electron chi connectivity index (χ2n) is 4.59. The summed E-state index contributed by atoms with van der Waals surface area (Å²) in [5.41, 5.74) is 0.582. The molecular formula is C15H19N3O3S3. The Hall–Kier alpha value is -1.45. The molecule has 0 unspecified atom stereocenters. The Kier molecular flexibility index (Phi) is 7.67. The van der Waals surface area contributed by atoms with E-state index in [0.717, 1.165) is 20.9 Å². The van der Waals surface area contributed by atoms with E-state index >= 15 is 0 Å². The molecule has 1 aromatic carbocycles. The summed E-state index contributed by atoms with van der Waals surface area (Å²) in [6.45, 7) is 2.13. The Morgan fingerprint density at radius 3 is 2.62 bits per heavy atom. The van der Waals surface area contributed by atoms with Crippen molar-refractivity contribution in [1.29, 1.82) is 0 Å². The summed E-state index contributed by atoms with van der Waals surface area (Å²) >= 11 is 4.57. The van der Waals surface area contributed by atoms with E-state index in [1.807, 2.05) is 0 Å². The summed E-state index contributed by atoms with van der Waals surface area (Å²) in [6.07, 6.45) is 1.09. The summed E-state index contributed by atoms with van der Waals surface area (Å²) in [4.78, 5) is 12.2. The van der Waals surface area contributed by atoms with Gasteiger partial charge in [0.1, 0.15) is 11.5 Å². The maximum absolute atomic E-state index is 12.2. The Balaban J connectivity index is 1.90. The van der Waals surface area contributed by atoms with Crippen LogP contribution in [-0.2, 0) is 4.79 Å². The zero-order chi connectivity index (χ0) is 17.4. The number of ether oxygens (including phenoxy) is 2. The van der Waals surface area contributed by atoms with Crippen molar-refractivity contribution >= 4 is 46.5 Å².